The molecule has 2 aromatic rings. The lowest BCUT2D eigenvalue weighted by atomic mass is 10.0. The molecule has 0 aromatic heterocycles. The Balaban J connectivity index is 2.27. The topological polar surface area (TPSA) is 52.9 Å². The van der Waals surface area contributed by atoms with Gasteiger partial charge >= 0.3 is 0 Å². The second-order valence-corrected chi connectivity index (χ2v) is 5.04. The van der Waals surface area contributed by atoms with Crippen LogP contribution in [0.1, 0.15) is 33.5 Å². The highest BCUT2D eigenvalue weighted by Crippen LogP contribution is 2.21. The molecule has 0 bridgehead atoms. The molecule has 3 heteroatoms. The fourth-order valence-corrected chi connectivity index (χ4v) is 2.34. The number of carbonyl (C=O) groups excluding carboxylic acids is 1. The van der Waals surface area contributed by atoms with E-state index >= 15 is 0 Å². The van der Waals surface area contributed by atoms with Crippen molar-refractivity contribution in [2.45, 2.75) is 26.7 Å². The summed E-state index contributed by atoms with van der Waals surface area (Å²) < 4.78 is 0. The Morgan fingerprint density at radius 1 is 1.10 bits per heavy atom. The zero-order valence-corrected chi connectivity index (χ0v) is 12.3. The molecule has 3 nitrogen and oxygen atoms in total. The second kappa shape index (κ2) is 6.71. The fourth-order valence-electron chi connectivity index (χ4n) is 2.34. The lowest BCUT2D eigenvalue weighted by Gasteiger charge is -2.13. The molecule has 0 heterocycles. The van der Waals surface area contributed by atoms with Gasteiger partial charge in [0.05, 0.1) is 6.07 Å². The number of carbonyl (C=O) groups is 1. The van der Waals surface area contributed by atoms with Gasteiger partial charge in [-0.05, 0) is 43.0 Å². The highest BCUT2D eigenvalue weighted by Gasteiger charge is 2.13. The van der Waals surface area contributed by atoms with Crippen LogP contribution in [0.4, 0.5) is 5.69 Å². The number of anilines is 1. The predicted molar refractivity (Wildman–Crippen MR) is 84.2 cm³/mol. The third-order valence-corrected chi connectivity index (χ3v) is 3.49. The minimum atomic E-state index is -0.124. The normalized spacial score (nSPS) is 9.95. The highest BCUT2D eigenvalue weighted by molar-refractivity contribution is 6.06. The van der Waals surface area contributed by atoms with Crippen molar-refractivity contribution in [1.82, 2.24) is 0 Å². The largest absolute Gasteiger partial charge is 0.321 e. The van der Waals surface area contributed by atoms with Crippen molar-refractivity contribution in [1.29, 1.82) is 5.26 Å². The Morgan fingerprint density at radius 2 is 1.76 bits per heavy atom. The molecule has 0 saturated heterocycles. The van der Waals surface area contributed by atoms with Crippen LogP contribution in [0, 0.1) is 25.2 Å². The first-order chi connectivity index (χ1) is 10.1. The molecule has 1 amide bonds. The summed E-state index contributed by atoms with van der Waals surface area (Å²) in [7, 11) is 0. The molecular weight excluding hydrogens is 260 g/mol. The summed E-state index contributed by atoms with van der Waals surface area (Å²) in [6.07, 6.45) is 1.00. The summed E-state index contributed by atoms with van der Waals surface area (Å²) in [6, 6.07) is 15.5. The zero-order valence-electron chi connectivity index (χ0n) is 12.3. The van der Waals surface area contributed by atoms with Crippen molar-refractivity contribution < 1.29 is 4.79 Å². The van der Waals surface area contributed by atoms with E-state index in [4.69, 9.17) is 5.26 Å². The van der Waals surface area contributed by atoms with Crippen LogP contribution in [0.3, 0.4) is 0 Å². The van der Waals surface area contributed by atoms with Crippen LogP contribution in [-0.2, 0) is 6.42 Å². The summed E-state index contributed by atoms with van der Waals surface area (Å²) in [6.45, 7) is 3.95. The van der Waals surface area contributed by atoms with Gasteiger partial charge in [0.25, 0.3) is 5.91 Å². The highest BCUT2D eigenvalue weighted by atomic mass is 16.1. The second-order valence-electron chi connectivity index (χ2n) is 5.04. The Kier molecular flexibility index (Phi) is 4.73. The van der Waals surface area contributed by atoms with E-state index in [2.05, 4.69) is 11.4 Å². The number of nitriles is 1. The summed E-state index contributed by atoms with van der Waals surface area (Å²) >= 11 is 0. The van der Waals surface area contributed by atoms with Crippen molar-refractivity contribution >= 4 is 11.6 Å². The number of hydrogen-bond acceptors (Lipinski definition) is 2. The quantitative estimate of drug-likeness (QED) is 0.918. The Hall–Kier alpha value is -2.60. The number of nitrogens with zero attached hydrogens (tertiary/aromatic N) is 1. The number of benzene rings is 2. The minimum Gasteiger partial charge on any atom is -0.321 e. The molecule has 0 saturated carbocycles. The third-order valence-electron chi connectivity index (χ3n) is 3.49. The molecule has 0 fully saturated rings. The van der Waals surface area contributed by atoms with Gasteiger partial charge in [-0.3, -0.25) is 4.79 Å². The van der Waals surface area contributed by atoms with Crippen LogP contribution in [-0.4, -0.2) is 5.91 Å². The maximum atomic E-state index is 12.5. The molecule has 21 heavy (non-hydrogen) atoms. The van der Waals surface area contributed by atoms with E-state index < -0.39 is 0 Å². The van der Waals surface area contributed by atoms with Gasteiger partial charge in [-0.15, -0.1) is 0 Å². The number of hydrogen-bond donors (Lipinski definition) is 1. The minimum absolute atomic E-state index is 0.124. The van der Waals surface area contributed by atoms with Crippen molar-refractivity contribution in [3.63, 3.8) is 0 Å². The summed E-state index contributed by atoms with van der Waals surface area (Å²) in [5, 5.41) is 11.7. The predicted octanol–water partition coefficient (Wildman–Crippen LogP) is 4.01. The van der Waals surface area contributed by atoms with E-state index in [1.165, 1.54) is 0 Å². The monoisotopic (exact) mass is 278 g/mol. The SMILES string of the molecule is Cc1cccc(C)c1NC(=O)c1ccccc1CCC#N. The average molecular weight is 278 g/mol. The Morgan fingerprint density at radius 3 is 2.43 bits per heavy atom. The summed E-state index contributed by atoms with van der Waals surface area (Å²) in [5.74, 6) is -0.124. The van der Waals surface area contributed by atoms with Gasteiger partial charge in [0, 0.05) is 17.7 Å². The lowest BCUT2D eigenvalue weighted by Crippen LogP contribution is -2.15. The van der Waals surface area contributed by atoms with Gasteiger partial charge in [-0.1, -0.05) is 36.4 Å². The molecule has 2 rings (SSSR count). The van der Waals surface area contributed by atoms with Crippen LogP contribution >= 0.6 is 0 Å². The van der Waals surface area contributed by atoms with Gasteiger partial charge in [0.15, 0.2) is 0 Å². The van der Waals surface area contributed by atoms with Crippen LogP contribution < -0.4 is 5.32 Å². The molecule has 0 radical (unpaired) electrons. The number of aryl methyl sites for hydroxylation is 3. The molecule has 0 aliphatic rings. The lowest BCUT2D eigenvalue weighted by molar-refractivity contribution is 0.102. The number of nitrogens with one attached hydrogen (secondary N) is 1. The maximum Gasteiger partial charge on any atom is 0.255 e. The molecule has 2 aromatic carbocycles. The Bertz CT molecular complexity index is 678. The third kappa shape index (κ3) is 3.49. The van der Waals surface area contributed by atoms with E-state index in [-0.39, 0.29) is 5.91 Å². The van der Waals surface area contributed by atoms with E-state index in [1.807, 2.05) is 50.2 Å². The first-order valence-electron chi connectivity index (χ1n) is 6.96. The molecule has 0 aliphatic heterocycles. The number of rotatable bonds is 4. The van der Waals surface area contributed by atoms with Crippen molar-refractivity contribution in [3.8, 4) is 6.07 Å². The van der Waals surface area contributed by atoms with E-state index in [9.17, 15) is 4.79 Å². The van der Waals surface area contributed by atoms with Crippen molar-refractivity contribution in [2.24, 2.45) is 0 Å². The van der Waals surface area contributed by atoms with Gasteiger partial charge in [-0.25, -0.2) is 0 Å². The van der Waals surface area contributed by atoms with Crippen LogP contribution in [0.2, 0.25) is 0 Å². The number of para-hydroxylation sites is 1. The average Bonchev–Trinajstić information content (AvgIpc) is 2.49. The van der Waals surface area contributed by atoms with Crippen LogP contribution in [0.5, 0.6) is 0 Å². The maximum absolute atomic E-state index is 12.5. The van der Waals surface area contributed by atoms with Crippen molar-refractivity contribution in [3.05, 3.63) is 64.7 Å². The van der Waals surface area contributed by atoms with Crippen LogP contribution in [0.15, 0.2) is 42.5 Å². The molecule has 0 aliphatic carbocycles. The first-order valence-corrected chi connectivity index (χ1v) is 6.96. The van der Waals surface area contributed by atoms with E-state index in [0.29, 0.717) is 18.4 Å². The molecule has 0 spiro atoms. The van der Waals surface area contributed by atoms with E-state index in [1.54, 1.807) is 6.07 Å². The zero-order chi connectivity index (χ0) is 15.2. The molecule has 106 valence electrons. The van der Waals surface area contributed by atoms with Gasteiger partial charge in [-0.2, -0.15) is 5.26 Å². The van der Waals surface area contributed by atoms with Crippen molar-refractivity contribution in [2.75, 3.05) is 5.32 Å². The molecule has 1 N–H and O–H groups in total. The smallest absolute Gasteiger partial charge is 0.255 e. The van der Waals surface area contributed by atoms with Crippen LogP contribution in [0.25, 0.3) is 0 Å². The molecule has 0 unspecified atom stereocenters. The first kappa shape index (κ1) is 14.8. The molecule has 0 atom stereocenters. The Labute approximate surface area is 125 Å². The summed E-state index contributed by atoms with van der Waals surface area (Å²) in [5.41, 5.74) is 4.48. The van der Waals surface area contributed by atoms with Gasteiger partial charge in [0.1, 0.15) is 0 Å². The number of amides is 1. The van der Waals surface area contributed by atoms with Gasteiger partial charge < -0.3 is 5.32 Å². The molecular formula is C18H18N2O. The van der Waals surface area contributed by atoms with E-state index in [0.717, 1.165) is 22.4 Å². The van der Waals surface area contributed by atoms with Gasteiger partial charge in [0.2, 0.25) is 0 Å². The standard InChI is InChI=1S/C18H18N2O/c1-13-7-5-8-14(2)17(13)20-18(21)16-11-4-3-9-15(16)10-6-12-19/h3-5,7-9,11H,6,10H2,1-2H3,(H,20,21). The summed E-state index contributed by atoms with van der Waals surface area (Å²) in [4.78, 5) is 12.5. The fraction of sp³-hybridized carbons (Fsp3) is 0.222.